The Kier molecular flexibility index (Phi) is 6.03. The van der Waals surface area contributed by atoms with E-state index in [0.29, 0.717) is 17.4 Å². The fourth-order valence-electron chi connectivity index (χ4n) is 2.04. The van der Waals surface area contributed by atoms with E-state index in [-0.39, 0.29) is 18.4 Å². The number of benzene rings is 1. The zero-order valence-corrected chi connectivity index (χ0v) is 13.4. The van der Waals surface area contributed by atoms with Crippen LogP contribution in [0.2, 0.25) is 5.02 Å². The minimum Gasteiger partial charge on any atom is -0.389 e. The minimum atomic E-state index is -0.886. The average Bonchev–Trinajstić information content (AvgIpc) is 2.33. The molecule has 0 aromatic heterocycles. The normalized spacial score (nSPS) is 13.3. The second kappa shape index (κ2) is 7.09. The lowest BCUT2D eigenvalue weighted by molar-refractivity contribution is -0.122. The molecule has 1 amide bonds. The molecule has 112 valence electrons. The van der Waals surface area contributed by atoms with Gasteiger partial charge in [0.1, 0.15) is 0 Å². The van der Waals surface area contributed by atoms with E-state index in [1.165, 1.54) is 0 Å². The van der Waals surface area contributed by atoms with E-state index in [2.05, 4.69) is 19.2 Å². The van der Waals surface area contributed by atoms with Crippen LogP contribution < -0.4 is 5.32 Å². The maximum atomic E-state index is 12.0. The van der Waals surface area contributed by atoms with E-state index < -0.39 is 5.60 Å². The van der Waals surface area contributed by atoms with Crippen LogP contribution in [0, 0.1) is 5.92 Å². The summed E-state index contributed by atoms with van der Waals surface area (Å²) in [7, 11) is 0. The largest absolute Gasteiger partial charge is 0.389 e. The number of hydrogen-bond donors (Lipinski definition) is 2. The monoisotopic (exact) mass is 297 g/mol. The maximum absolute atomic E-state index is 12.0. The summed E-state index contributed by atoms with van der Waals surface area (Å²) in [6.07, 6.45) is 0.412. The molecule has 0 radical (unpaired) electrons. The summed E-state index contributed by atoms with van der Waals surface area (Å²) in [6, 6.07) is 7.63. The molecular weight excluding hydrogens is 274 g/mol. The topological polar surface area (TPSA) is 49.3 Å². The van der Waals surface area contributed by atoms with Crippen molar-refractivity contribution in [1.29, 1.82) is 0 Å². The molecule has 1 aromatic rings. The van der Waals surface area contributed by atoms with Crippen molar-refractivity contribution >= 4 is 17.5 Å². The van der Waals surface area contributed by atoms with E-state index >= 15 is 0 Å². The lowest BCUT2D eigenvalue weighted by atomic mass is 9.85. The van der Waals surface area contributed by atoms with Crippen molar-refractivity contribution in [2.45, 2.75) is 45.6 Å². The van der Waals surface area contributed by atoms with Gasteiger partial charge in [0.2, 0.25) is 5.91 Å². The third kappa shape index (κ3) is 5.93. The van der Waals surface area contributed by atoms with Gasteiger partial charge in [-0.1, -0.05) is 37.6 Å². The van der Waals surface area contributed by atoms with E-state index in [0.717, 1.165) is 5.56 Å². The van der Waals surface area contributed by atoms with Crippen LogP contribution in [0.1, 0.15) is 45.6 Å². The first-order valence-electron chi connectivity index (χ1n) is 6.93. The SMILES string of the molecule is CC(C)C(CC(=O)NCC(C)(C)O)c1ccc(Cl)cc1. The number of amides is 1. The lowest BCUT2D eigenvalue weighted by Gasteiger charge is -2.23. The van der Waals surface area contributed by atoms with Crippen LogP contribution >= 0.6 is 11.6 Å². The Bertz CT molecular complexity index is 435. The number of halogens is 1. The Labute approximate surface area is 126 Å². The molecule has 3 nitrogen and oxygen atoms in total. The Balaban J connectivity index is 2.68. The van der Waals surface area contributed by atoms with Gasteiger partial charge in [0.25, 0.3) is 0 Å². The van der Waals surface area contributed by atoms with Gasteiger partial charge < -0.3 is 10.4 Å². The highest BCUT2D eigenvalue weighted by Crippen LogP contribution is 2.28. The number of aliphatic hydroxyl groups is 1. The predicted molar refractivity (Wildman–Crippen MR) is 83.0 cm³/mol. The number of carbonyl (C=O) groups excluding carboxylic acids is 1. The summed E-state index contributed by atoms with van der Waals surface area (Å²) >= 11 is 5.89. The fourth-order valence-corrected chi connectivity index (χ4v) is 2.16. The zero-order valence-electron chi connectivity index (χ0n) is 12.6. The summed E-state index contributed by atoms with van der Waals surface area (Å²) in [6.45, 7) is 7.81. The van der Waals surface area contributed by atoms with Gasteiger partial charge >= 0.3 is 0 Å². The van der Waals surface area contributed by atoms with Crippen molar-refractivity contribution in [3.05, 3.63) is 34.9 Å². The highest BCUT2D eigenvalue weighted by atomic mass is 35.5. The molecule has 4 heteroatoms. The average molecular weight is 298 g/mol. The summed E-state index contributed by atoms with van der Waals surface area (Å²) in [4.78, 5) is 12.0. The van der Waals surface area contributed by atoms with Gasteiger partial charge in [-0.15, -0.1) is 0 Å². The van der Waals surface area contributed by atoms with Gasteiger partial charge in [-0.2, -0.15) is 0 Å². The van der Waals surface area contributed by atoms with E-state index in [4.69, 9.17) is 11.6 Å². The van der Waals surface area contributed by atoms with Crippen molar-refractivity contribution in [3.63, 3.8) is 0 Å². The van der Waals surface area contributed by atoms with Crippen molar-refractivity contribution in [1.82, 2.24) is 5.32 Å². The molecule has 0 heterocycles. The van der Waals surface area contributed by atoms with Crippen molar-refractivity contribution in [3.8, 4) is 0 Å². The molecule has 0 aliphatic heterocycles. The number of carbonyl (C=O) groups is 1. The van der Waals surface area contributed by atoms with Crippen molar-refractivity contribution in [2.75, 3.05) is 6.54 Å². The highest BCUT2D eigenvalue weighted by Gasteiger charge is 2.21. The Hall–Kier alpha value is -1.06. The van der Waals surface area contributed by atoms with Crippen LogP contribution in [-0.2, 0) is 4.79 Å². The first kappa shape index (κ1) is 17.0. The van der Waals surface area contributed by atoms with Gasteiger partial charge in [0.05, 0.1) is 5.60 Å². The summed E-state index contributed by atoms with van der Waals surface area (Å²) in [5.74, 6) is 0.457. The molecular formula is C16H24ClNO2. The molecule has 1 atom stereocenters. The van der Waals surface area contributed by atoms with Gasteiger partial charge in [0, 0.05) is 18.0 Å². The Morgan fingerprint density at radius 2 is 1.85 bits per heavy atom. The number of rotatable bonds is 6. The molecule has 20 heavy (non-hydrogen) atoms. The smallest absolute Gasteiger partial charge is 0.220 e. The van der Waals surface area contributed by atoms with Crippen LogP contribution in [0.5, 0.6) is 0 Å². The highest BCUT2D eigenvalue weighted by molar-refractivity contribution is 6.30. The first-order chi connectivity index (χ1) is 9.19. The van der Waals surface area contributed by atoms with E-state index in [9.17, 15) is 9.90 Å². The van der Waals surface area contributed by atoms with Crippen LogP contribution in [0.25, 0.3) is 0 Å². The van der Waals surface area contributed by atoms with Crippen molar-refractivity contribution < 1.29 is 9.90 Å². The van der Waals surface area contributed by atoms with Crippen LogP contribution in [0.15, 0.2) is 24.3 Å². The Morgan fingerprint density at radius 1 is 1.30 bits per heavy atom. The van der Waals surface area contributed by atoms with E-state index in [1.807, 2.05) is 24.3 Å². The first-order valence-corrected chi connectivity index (χ1v) is 7.31. The van der Waals surface area contributed by atoms with Crippen LogP contribution in [-0.4, -0.2) is 23.2 Å². The number of nitrogens with one attached hydrogen (secondary N) is 1. The zero-order chi connectivity index (χ0) is 15.3. The molecule has 0 aliphatic carbocycles. The molecule has 1 unspecified atom stereocenters. The molecule has 1 rings (SSSR count). The molecule has 0 aliphatic rings. The molecule has 0 saturated carbocycles. The standard InChI is InChI=1S/C16H24ClNO2/c1-11(2)14(12-5-7-13(17)8-6-12)9-15(19)18-10-16(3,4)20/h5-8,11,14,20H,9-10H2,1-4H3,(H,18,19). The molecule has 2 N–H and O–H groups in total. The molecule has 0 saturated heterocycles. The van der Waals surface area contributed by atoms with Gasteiger partial charge in [-0.05, 0) is 43.4 Å². The second-order valence-corrected chi connectivity index (χ2v) is 6.63. The Morgan fingerprint density at radius 3 is 2.30 bits per heavy atom. The summed E-state index contributed by atoms with van der Waals surface area (Å²) in [5.41, 5.74) is 0.228. The van der Waals surface area contributed by atoms with Crippen molar-refractivity contribution in [2.24, 2.45) is 5.92 Å². The number of hydrogen-bond acceptors (Lipinski definition) is 2. The molecule has 0 spiro atoms. The maximum Gasteiger partial charge on any atom is 0.220 e. The summed E-state index contributed by atoms with van der Waals surface area (Å²) in [5, 5.41) is 13.1. The molecule has 1 aromatic carbocycles. The van der Waals surface area contributed by atoms with Crippen LogP contribution in [0.4, 0.5) is 0 Å². The quantitative estimate of drug-likeness (QED) is 0.846. The van der Waals surface area contributed by atoms with Gasteiger partial charge in [0.15, 0.2) is 0 Å². The molecule has 0 fully saturated rings. The van der Waals surface area contributed by atoms with Gasteiger partial charge in [-0.25, -0.2) is 0 Å². The summed E-state index contributed by atoms with van der Waals surface area (Å²) < 4.78 is 0. The third-order valence-corrected chi connectivity index (χ3v) is 3.48. The third-order valence-electron chi connectivity index (χ3n) is 3.23. The fraction of sp³-hybridized carbons (Fsp3) is 0.562. The second-order valence-electron chi connectivity index (χ2n) is 6.20. The van der Waals surface area contributed by atoms with E-state index in [1.54, 1.807) is 13.8 Å². The van der Waals surface area contributed by atoms with Gasteiger partial charge in [-0.3, -0.25) is 4.79 Å². The molecule has 0 bridgehead atoms. The minimum absolute atomic E-state index is 0.0409. The lowest BCUT2D eigenvalue weighted by Crippen LogP contribution is -2.38. The van der Waals surface area contributed by atoms with Crippen LogP contribution in [0.3, 0.4) is 0 Å². The predicted octanol–water partition coefficient (Wildman–Crippen LogP) is 3.36.